The van der Waals surface area contributed by atoms with Gasteiger partial charge in [0.15, 0.2) is 0 Å². The van der Waals surface area contributed by atoms with E-state index in [0.717, 1.165) is 37.1 Å². The number of halogens is 2. The molecule has 0 radical (unpaired) electrons. The molecule has 3 aromatic rings. The van der Waals surface area contributed by atoms with Crippen molar-refractivity contribution in [3.05, 3.63) is 62.4 Å². The molecule has 8 nitrogen and oxygen atoms in total. The summed E-state index contributed by atoms with van der Waals surface area (Å²) in [6.45, 7) is 2.41. The molecule has 1 unspecified atom stereocenters. The van der Waals surface area contributed by atoms with Gasteiger partial charge in [0.2, 0.25) is 5.91 Å². The minimum Gasteiger partial charge on any atom is -0.309 e. The summed E-state index contributed by atoms with van der Waals surface area (Å²) in [5.41, 5.74) is 0.548. The lowest BCUT2D eigenvalue weighted by atomic mass is 10.1. The van der Waals surface area contributed by atoms with Gasteiger partial charge < -0.3 is 5.32 Å². The van der Waals surface area contributed by atoms with E-state index in [1.54, 1.807) is 39.7 Å². The Labute approximate surface area is 183 Å². The number of fused-ring (bicyclic) bond motifs is 1. The number of carbonyl (C=O) groups is 1. The Morgan fingerprint density at radius 3 is 2.90 bits per heavy atom. The van der Waals surface area contributed by atoms with Gasteiger partial charge in [-0.3, -0.25) is 9.36 Å². The number of hydrogen-bond acceptors (Lipinski definition) is 4. The minimum absolute atomic E-state index is 0.156. The highest BCUT2D eigenvalue weighted by Crippen LogP contribution is 2.30. The van der Waals surface area contributed by atoms with Gasteiger partial charge in [-0.15, -0.1) is 0 Å². The number of nitrogens with zero attached hydrogens (tertiary/aromatic N) is 5. The molecule has 158 valence electrons. The lowest BCUT2D eigenvalue weighted by molar-refractivity contribution is -0.117. The summed E-state index contributed by atoms with van der Waals surface area (Å²) in [5, 5.41) is 12.6. The standard InChI is InChI=1S/C20H22Cl2N6O2/c1-13(15-11-14(21)6-7-16(15)22)28-17(8-9-23-28)24-19(29)12-27-20(30)26-10-4-2-3-5-18(26)25-27/h6-9,11,13H,2-5,10,12H2,1H3,(H,24,29). The summed E-state index contributed by atoms with van der Waals surface area (Å²) in [6, 6.07) is 6.66. The van der Waals surface area contributed by atoms with Crippen molar-refractivity contribution >= 4 is 34.9 Å². The molecule has 0 bridgehead atoms. The van der Waals surface area contributed by atoms with Crippen molar-refractivity contribution in [3.8, 4) is 0 Å². The van der Waals surface area contributed by atoms with Gasteiger partial charge in [-0.05, 0) is 43.5 Å². The van der Waals surface area contributed by atoms with Gasteiger partial charge in [0.25, 0.3) is 0 Å². The van der Waals surface area contributed by atoms with Crippen molar-refractivity contribution in [1.29, 1.82) is 0 Å². The van der Waals surface area contributed by atoms with Crippen LogP contribution < -0.4 is 11.0 Å². The third-order valence-electron chi connectivity index (χ3n) is 5.29. The van der Waals surface area contributed by atoms with Crippen LogP contribution in [0.1, 0.15) is 43.6 Å². The number of benzene rings is 1. The number of hydrogen-bond donors (Lipinski definition) is 1. The predicted octanol–water partition coefficient (Wildman–Crippen LogP) is 3.52. The Morgan fingerprint density at radius 1 is 1.23 bits per heavy atom. The molecule has 1 aliphatic rings. The summed E-state index contributed by atoms with van der Waals surface area (Å²) in [7, 11) is 0. The van der Waals surface area contributed by atoms with E-state index in [1.807, 2.05) is 6.92 Å². The zero-order chi connectivity index (χ0) is 21.3. The Kier molecular flexibility index (Phi) is 5.97. The highest BCUT2D eigenvalue weighted by atomic mass is 35.5. The fraction of sp³-hybridized carbons (Fsp3) is 0.400. The Hall–Kier alpha value is -2.58. The van der Waals surface area contributed by atoms with E-state index < -0.39 is 0 Å². The number of aromatic nitrogens is 5. The van der Waals surface area contributed by atoms with Crippen LogP contribution in [0.3, 0.4) is 0 Å². The maximum atomic E-state index is 12.6. The van der Waals surface area contributed by atoms with Crippen LogP contribution in [0, 0.1) is 0 Å². The summed E-state index contributed by atoms with van der Waals surface area (Å²) in [5.74, 6) is 0.897. The molecule has 30 heavy (non-hydrogen) atoms. The van der Waals surface area contributed by atoms with E-state index >= 15 is 0 Å². The number of aryl methyl sites for hydroxylation is 1. The van der Waals surface area contributed by atoms with Crippen molar-refractivity contribution in [2.24, 2.45) is 0 Å². The summed E-state index contributed by atoms with van der Waals surface area (Å²) < 4.78 is 4.56. The van der Waals surface area contributed by atoms with Gasteiger partial charge in [0.1, 0.15) is 18.2 Å². The molecule has 1 aliphatic heterocycles. The van der Waals surface area contributed by atoms with Gasteiger partial charge in [-0.25, -0.2) is 14.2 Å². The van der Waals surface area contributed by atoms with E-state index in [9.17, 15) is 9.59 Å². The number of anilines is 1. The quantitative estimate of drug-likeness (QED) is 0.646. The SMILES string of the molecule is CC(c1cc(Cl)ccc1Cl)n1nccc1NC(=O)Cn1nc2n(c1=O)CCCCC2. The Balaban J connectivity index is 1.51. The number of rotatable bonds is 5. The van der Waals surface area contributed by atoms with E-state index in [-0.39, 0.29) is 24.2 Å². The average molecular weight is 449 g/mol. The van der Waals surface area contributed by atoms with Crippen LogP contribution in [0.15, 0.2) is 35.3 Å². The lowest BCUT2D eigenvalue weighted by Crippen LogP contribution is -2.30. The number of carbonyl (C=O) groups excluding carboxylic acids is 1. The predicted molar refractivity (Wildman–Crippen MR) is 115 cm³/mol. The van der Waals surface area contributed by atoms with Crippen molar-refractivity contribution in [3.63, 3.8) is 0 Å². The lowest BCUT2D eigenvalue weighted by Gasteiger charge is -2.18. The summed E-state index contributed by atoms with van der Waals surface area (Å²) in [4.78, 5) is 25.2. The van der Waals surface area contributed by atoms with Crippen LogP contribution in [0.2, 0.25) is 10.0 Å². The van der Waals surface area contributed by atoms with Gasteiger partial charge in [-0.1, -0.05) is 29.6 Å². The summed E-state index contributed by atoms with van der Waals surface area (Å²) in [6.07, 6.45) is 5.39. The fourth-order valence-corrected chi connectivity index (χ4v) is 4.19. The molecule has 1 N–H and O–H groups in total. The van der Waals surface area contributed by atoms with Gasteiger partial charge in [-0.2, -0.15) is 10.2 Å². The molecule has 0 aliphatic carbocycles. The van der Waals surface area contributed by atoms with Crippen LogP contribution in [0.4, 0.5) is 5.82 Å². The molecule has 0 saturated heterocycles. The van der Waals surface area contributed by atoms with E-state index in [1.165, 1.54) is 4.68 Å². The number of amides is 1. The fourth-order valence-electron chi connectivity index (χ4n) is 3.74. The molecule has 3 heterocycles. The van der Waals surface area contributed by atoms with Crippen molar-refractivity contribution in [2.45, 2.75) is 51.7 Å². The van der Waals surface area contributed by atoms with Crippen LogP contribution >= 0.6 is 23.2 Å². The van der Waals surface area contributed by atoms with Crippen LogP contribution in [0.25, 0.3) is 0 Å². The molecular weight excluding hydrogens is 427 g/mol. The first-order valence-electron chi connectivity index (χ1n) is 9.89. The first-order valence-corrected chi connectivity index (χ1v) is 10.6. The smallest absolute Gasteiger partial charge is 0.309 e. The molecule has 2 aromatic heterocycles. The first kappa shape index (κ1) is 20.7. The molecule has 10 heteroatoms. The highest BCUT2D eigenvalue weighted by molar-refractivity contribution is 6.33. The third kappa shape index (κ3) is 4.15. The molecule has 0 saturated carbocycles. The molecule has 4 rings (SSSR count). The third-order valence-corrected chi connectivity index (χ3v) is 5.87. The second-order valence-electron chi connectivity index (χ2n) is 7.37. The van der Waals surface area contributed by atoms with Gasteiger partial charge in [0, 0.05) is 29.1 Å². The summed E-state index contributed by atoms with van der Waals surface area (Å²) >= 11 is 12.4. The van der Waals surface area contributed by atoms with Crippen LogP contribution in [-0.4, -0.2) is 30.0 Å². The second kappa shape index (κ2) is 8.65. The molecular formula is C20H22Cl2N6O2. The van der Waals surface area contributed by atoms with Crippen molar-refractivity contribution < 1.29 is 4.79 Å². The zero-order valence-electron chi connectivity index (χ0n) is 16.5. The van der Waals surface area contributed by atoms with Crippen molar-refractivity contribution in [2.75, 3.05) is 5.32 Å². The molecule has 1 amide bonds. The highest BCUT2D eigenvalue weighted by Gasteiger charge is 2.20. The van der Waals surface area contributed by atoms with Crippen LogP contribution in [0.5, 0.6) is 0 Å². The minimum atomic E-state index is -0.350. The monoisotopic (exact) mass is 448 g/mol. The Morgan fingerprint density at radius 2 is 2.07 bits per heavy atom. The first-order chi connectivity index (χ1) is 14.4. The molecule has 1 atom stereocenters. The Bertz CT molecular complexity index is 1130. The van der Waals surface area contributed by atoms with Crippen molar-refractivity contribution in [1.82, 2.24) is 24.1 Å². The molecule has 0 spiro atoms. The maximum absolute atomic E-state index is 12.6. The van der Waals surface area contributed by atoms with Crippen LogP contribution in [-0.2, 0) is 24.3 Å². The maximum Gasteiger partial charge on any atom is 0.346 e. The average Bonchev–Trinajstić information content (AvgIpc) is 3.19. The van der Waals surface area contributed by atoms with Gasteiger partial charge >= 0.3 is 5.69 Å². The molecule has 1 aromatic carbocycles. The van der Waals surface area contributed by atoms with Gasteiger partial charge in [0.05, 0.1) is 12.2 Å². The van der Waals surface area contributed by atoms with E-state index in [4.69, 9.17) is 23.2 Å². The topological polar surface area (TPSA) is 86.7 Å². The second-order valence-corrected chi connectivity index (χ2v) is 8.21. The largest absolute Gasteiger partial charge is 0.346 e. The zero-order valence-corrected chi connectivity index (χ0v) is 18.0. The van der Waals surface area contributed by atoms with E-state index in [2.05, 4.69) is 15.5 Å². The molecule has 0 fully saturated rings. The normalized spacial score (nSPS) is 14.8. The van der Waals surface area contributed by atoms with E-state index in [0.29, 0.717) is 22.4 Å². The number of nitrogens with one attached hydrogen (secondary N) is 1.